The smallest absolute Gasteiger partial charge is 0.130 e. The van der Waals surface area contributed by atoms with E-state index >= 15 is 0 Å². The van der Waals surface area contributed by atoms with Gasteiger partial charge in [-0.3, -0.25) is 0 Å². The fourth-order valence-electron chi connectivity index (χ4n) is 1.49. The molecule has 0 fully saturated rings. The van der Waals surface area contributed by atoms with Gasteiger partial charge in [-0.05, 0) is 52.2 Å². The Balaban J connectivity index is 2.49. The summed E-state index contributed by atoms with van der Waals surface area (Å²) in [5.41, 5.74) is 2.54. The van der Waals surface area contributed by atoms with Gasteiger partial charge in [0.15, 0.2) is 0 Å². The molecule has 0 aromatic heterocycles. The van der Waals surface area contributed by atoms with Crippen LogP contribution in [0.4, 0.5) is 0 Å². The van der Waals surface area contributed by atoms with Crippen LogP contribution in [0.25, 0.3) is 0 Å². The normalized spacial score (nSPS) is 15.8. The number of halogens is 1. The van der Waals surface area contributed by atoms with Crippen LogP contribution in [0.3, 0.4) is 0 Å². The quantitative estimate of drug-likeness (QED) is 0.709. The second-order valence-corrected chi connectivity index (χ2v) is 3.85. The summed E-state index contributed by atoms with van der Waals surface area (Å²) in [5.74, 6) is 0.343. The van der Waals surface area contributed by atoms with Crippen molar-refractivity contribution in [1.29, 1.82) is 0 Å². The zero-order valence-corrected chi connectivity index (χ0v) is 8.19. The van der Waals surface area contributed by atoms with E-state index in [1.807, 2.05) is 12.1 Å². The Morgan fingerprint density at radius 3 is 3.00 bits per heavy atom. The molecule has 0 unspecified atom stereocenters. The highest BCUT2D eigenvalue weighted by Gasteiger charge is 2.10. The number of rotatable bonds is 0. The Kier molecular flexibility index (Phi) is 2.07. The second kappa shape index (κ2) is 3.07. The van der Waals surface area contributed by atoms with Gasteiger partial charge < -0.3 is 10.4 Å². The summed E-state index contributed by atoms with van der Waals surface area (Å²) in [7, 11) is 0. The number of phenolic OH excluding ortho intramolecular Hbond substituents is 1. The van der Waals surface area contributed by atoms with Crippen LogP contribution in [0, 0.1) is 0 Å². The van der Waals surface area contributed by atoms with Crippen LogP contribution in [-0.2, 0) is 13.0 Å². The summed E-state index contributed by atoms with van der Waals surface area (Å²) < 4.78 is 0.782. The largest absolute Gasteiger partial charge is 0.507 e. The molecule has 0 aliphatic carbocycles. The van der Waals surface area contributed by atoms with Crippen molar-refractivity contribution in [3.63, 3.8) is 0 Å². The van der Waals surface area contributed by atoms with E-state index in [-0.39, 0.29) is 0 Å². The first-order valence-electron chi connectivity index (χ1n) is 3.98. The minimum atomic E-state index is 0.343. The van der Waals surface area contributed by atoms with Gasteiger partial charge in [-0.2, -0.15) is 0 Å². The Bertz CT molecular complexity index is 281. The minimum Gasteiger partial charge on any atom is -0.507 e. The number of aromatic hydroxyl groups is 1. The molecular weight excluding hydrogens is 218 g/mol. The van der Waals surface area contributed by atoms with Gasteiger partial charge in [-0.25, -0.2) is 0 Å². The van der Waals surface area contributed by atoms with Crippen LogP contribution >= 0.6 is 15.9 Å². The van der Waals surface area contributed by atoms with Crippen LogP contribution in [0.1, 0.15) is 11.1 Å². The van der Waals surface area contributed by atoms with Gasteiger partial charge in [0.2, 0.25) is 0 Å². The lowest BCUT2D eigenvalue weighted by molar-refractivity contribution is 0.469. The van der Waals surface area contributed by atoms with Gasteiger partial charge >= 0.3 is 0 Å². The molecular formula is C9H10BrNO. The van der Waals surface area contributed by atoms with Crippen molar-refractivity contribution >= 4 is 15.9 Å². The van der Waals surface area contributed by atoms with Crippen LogP contribution in [-0.4, -0.2) is 11.7 Å². The summed E-state index contributed by atoms with van der Waals surface area (Å²) in [6.07, 6.45) is 1.01. The van der Waals surface area contributed by atoms with E-state index in [1.54, 1.807) is 0 Å². The molecule has 0 saturated heterocycles. The fourth-order valence-corrected chi connectivity index (χ4v) is 1.88. The minimum absolute atomic E-state index is 0.343. The Morgan fingerprint density at radius 1 is 1.33 bits per heavy atom. The predicted molar refractivity (Wildman–Crippen MR) is 51.2 cm³/mol. The molecule has 0 radical (unpaired) electrons. The molecule has 1 heterocycles. The lowest BCUT2D eigenvalue weighted by Gasteiger charge is -2.17. The maximum absolute atomic E-state index is 9.41. The summed E-state index contributed by atoms with van der Waals surface area (Å²) in [4.78, 5) is 0. The highest BCUT2D eigenvalue weighted by Crippen LogP contribution is 2.28. The highest BCUT2D eigenvalue weighted by molar-refractivity contribution is 9.10. The molecule has 0 atom stereocenters. The van der Waals surface area contributed by atoms with E-state index in [9.17, 15) is 5.11 Å². The first-order chi connectivity index (χ1) is 5.77. The Morgan fingerprint density at radius 2 is 2.17 bits per heavy atom. The van der Waals surface area contributed by atoms with Crippen LogP contribution < -0.4 is 5.32 Å². The third-order valence-electron chi connectivity index (χ3n) is 2.16. The number of hydrogen-bond acceptors (Lipinski definition) is 2. The molecule has 12 heavy (non-hydrogen) atoms. The standard InChI is InChI=1S/C9H10BrNO/c10-8-3-7-5-11-2-1-6(7)4-9(8)12/h3-4,11-12H,1-2,5H2. The molecule has 2 nitrogen and oxygen atoms in total. The number of fused-ring (bicyclic) bond motifs is 1. The van der Waals surface area contributed by atoms with E-state index in [0.717, 1.165) is 24.0 Å². The van der Waals surface area contributed by atoms with Crippen molar-refractivity contribution in [3.05, 3.63) is 27.7 Å². The van der Waals surface area contributed by atoms with Crippen molar-refractivity contribution in [3.8, 4) is 5.75 Å². The number of nitrogens with one attached hydrogen (secondary N) is 1. The first kappa shape index (κ1) is 8.08. The van der Waals surface area contributed by atoms with Gasteiger partial charge in [0.25, 0.3) is 0 Å². The van der Waals surface area contributed by atoms with Gasteiger partial charge in [0.05, 0.1) is 4.47 Å². The molecule has 0 amide bonds. The number of phenols is 1. The van der Waals surface area contributed by atoms with Crippen molar-refractivity contribution in [2.75, 3.05) is 6.54 Å². The lowest BCUT2D eigenvalue weighted by atomic mass is 10.0. The van der Waals surface area contributed by atoms with E-state index in [2.05, 4.69) is 21.2 Å². The highest BCUT2D eigenvalue weighted by atomic mass is 79.9. The average Bonchev–Trinajstić information content (AvgIpc) is 2.07. The van der Waals surface area contributed by atoms with Crippen molar-refractivity contribution < 1.29 is 5.11 Å². The summed E-state index contributed by atoms with van der Waals surface area (Å²) in [5, 5.41) is 12.7. The Hall–Kier alpha value is -0.540. The zero-order chi connectivity index (χ0) is 8.55. The van der Waals surface area contributed by atoms with Crippen LogP contribution in [0.5, 0.6) is 5.75 Å². The fraction of sp³-hybridized carbons (Fsp3) is 0.333. The molecule has 2 rings (SSSR count). The average molecular weight is 228 g/mol. The SMILES string of the molecule is Oc1cc2c(cc1Br)CNCC2. The van der Waals surface area contributed by atoms with Crippen LogP contribution in [0.2, 0.25) is 0 Å². The molecule has 1 aromatic rings. The molecule has 1 aromatic carbocycles. The molecule has 0 spiro atoms. The predicted octanol–water partition coefficient (Wildman–Crippen LogP) is 1.80. The van der Waals surface area contributed by atoms with Gasteiger partial charge in [-0.15, -0.1) is 0 Å². The number of benzene rings is 1. The first-order valence-corrected chi connectivity index (χ1v) is 4.77. The van der Waals surface area contributed by atoms with Crippen molar-refractivity contribution in [2.24, 2.45) is 0 Å². The Labute approximate surface area is 79.7 Å². The van der Waals surface area contributed by atoms with Gasteiger partial charge in [0, 0.05) is 6.54 Å². The van der Waals surface area contributed by atoms with Crippen LogP contribution in [0.15, 0.2) is 16.6 Å². The molecule has 64 valence electrons. The topological polar surface area (TPSA) is 32.3 Å². The molecule has 0 bridgehead atoms. The maximum atomic E-state index is 9.41. The van der Waals surface area contributed by atoms with Crippen molar-refractivity contribution in [1.82, 2.24) is 5.32 Å². The van der Waals surface area contributed by atoms with Gasteiger partial charge in [0.1, 0.15) is 5.75 Å². The second-order valence-electron chi connectivity index (χ2n) is 3.00. The molecule has 0 saturated carbocycles. The molecule has 1 aliphatic rings. The van der Waals surface area contributed by atoms with Gasteiger partial charge in [-0.1, -0.05) is 0 Å². The summed E-state index contributed by atoms with van der Waals surface area (Å²) in [6, 6.07) is 3.83. The molecule has 1 aliphatic heterocycles. The van der Waals surface area contributed by atoms with E-state index in [4.69, 9.17) is 0 Å². The van der Waals surface area contributed by atoms with E-state index in [0.29, 0.717) is 5.75 Å². The van der Waals surface area contributed by atoms with Crippen molar-refractivity contribution in [2.45, 2.75) is 13.0 Å². The third kappa shape index (κ3) is 1.34. The van der Waals surface area contributed by atoms with E-state index in [1.165, 1.54) is 11.1 Å². The zero-order valence-electron chi connectivity index (χ0n) is 6.60. The molecule has 3 heteroatoms. The monoisotopic (exact) mass is 227 g/mol. The summed E-state index contributed by atoms with van der Waals surface area (Å²) in [6.45, 7) is 1.92. The van der Waals surface area contributed by atoms with E-state index < -0.39 is 0 Å². The molecule has 2 N–H and O–H groups in total. The lowest BCUT2D eigenvalue weighted by Crippen LogP contribution is -2.23. The number of hydrogen-bond donors (Lipinski definition) is 2. The third-order valence-corrected chi connectivity index (χ3v) is 2.79. The maximum Gasteiger partial charge on any atom is 0.130 e. The summed E-state index contributed by atoms with van der Waals surface area (Å²) >= 11 is 3.30.